The minimum atomic E-state index is -1.11. The molecule has 0 aromatic carbocycles. The molecule has 0 aliphatic rings. The van der Waals surface area contributed by atoms with E-state index >= 15 is 0 Å². The predicted molar refractivity (Wildman–Crippen MR) is 70.4 cm³/mol. The van der Waals surface area contributed by atoms with Gasteiger partial charge in [0.1, 0.15) is 13.1 Å². The van der Waals surface area contributed by atoms with Gasteiger partial charge in [-0.1, -0.05) is 6.92 Å². The van der Waals surface area contributed by atoms with Crippen LogP contribution in [0.2, 0.25) is 0 Å². The van der Waals surface area contributed by atoms with Crippen LogP contribution in [-0.2, 0) is 23.2 Å². The molecule has 0 bridgehead atoms. The third-order valence-electron chi connectivity index (χ3n) is 2.74. The predicted octanol–water partition coefficient (Wildman–Crippen LogP) is -1.13. The maximum Gasteiger partial charge on any atom is 0.331 e. The average Bonchev–Trinajstić information content (AvgIpc) is 2.38. The van der Waals surface area contributed by atoms with Gasteiger partial charge in [0.05, 0.1) is 0 Å². The molecule has 0 aliphatic heterocycles. The summed E-state index contributed by atoms with van der Waals surface area (Å²) in [7, 11) is 1.31. The van der Waals surface area contributed by atoms with E-state index in [-0.39, 0.29) is 6.54 Å². The summed E-state index contributed by atoms with van der Waals surface area (Å²) in [4.78, 5) is 46.9. The first-order valence-electron chi connectivity index (χ1n) is 6.12. The lowest BCUT2D eigenvalue weighted by atomic mass is 10.3. The molecular formula is C12H17N3O5. The maximum atomic E-state index is 12.0. The summed E-state index contributed by atoms with van der Waals surface area (Å²) in [5, 5.41) is 8.75. The van der Waals surface area contributed by atoms with Crippen LogP contribution >= 0.6 is 0 Å². The number of carboxylic acid groups (broad SMARTS) is 1. The summed E-state index contributed by atoms with van der Waals surface area (Å²) in [5.41, 5.74) is -1.08. The Morgan fingerprint density at radius 3 is 2.55 bits per heavy atom. The fraction of sp³-hybridized carbons (Fsp3) is 0.500. The van der Waals surface area contributed by atoms with Crippen LogP contribution in [0.3, 0.4) is 0 Å². The van der Waals surface area contributed by atoms with Crippen molar-refractivity contribution >= 4 is 11.9 Å². The molecule has 0 saturated carbocycles. The number of aromatic nitrogens is 2. The zero-order valence-electron chi connectivity index (χ0n) is 11.4. The summed E-state index contributed by atoms with van der Waals surface area (Å²) >= 11 is 0. The van der Waals surface area contributed by atoms with Crippen LogP contribution in [0.1, 0.15) is 13.3 Å². The smallest absolute Gasteiger partial charge is 0.331 e. The van der Waals surface area contributed by atoms with Crippen molar-refractivity contribution in [3.8, 4) is 0 Å². The molecule has 1 amide bonds. The minimum absolute atomic E-state index is 0.291. The second-order valence-corrected chi connectivity index (χ2v) is 4.33. The lowest BCUT2D eigenvalue weighted by Gasteiger charge is -2.20. The van der Waals surface area contributed by atoms with Gasteiger partial charge in [-0.2, -0.15) is 0 Å². The molecule has 1 rings (SSSR count). The molecule has 8 nitrogen and oxygen atoms in total. The summed E-state index contributed by atoms with van der Waals surface area (Å²) in [6.07, 6.45) is 1.84. The maximum absolute atomic E-state index is 12.0. The average molecular weight is 283 g/mol. The van der Waals surface area contributed by atoms with E-state index in [1.165, 1.54) is 24.2 Å². The third kappa shape index (κ3) is 3.81. The van der Waals surface area contributed by atoms with Crippen molar-refractivity contribution in [2.75, 3.05) is 13.1 Å². The van der Waals surface area contributed by atoms with Crippen LogP contribution in [0.5, 0.6) is 0 Å². The fourth-order valence-corrected chi connectivity index (χ4v) is 1.71. The molecular weight excluding hydrogens is 266 g/mol. The summed E-state index contributed by atoms with van der Waals surface area (Å²) in [5.74, 6) is -1.59. The normalized spacial score (nSPS) is 10.3. The number of hydrogen-bond donors (Lipinski definition) is 1. The first kappa shape index (κ1) is 15.7. The highest BCUT2D eigenvalue weighted by molar-refractivity contribution is 5.81. The topological polar surface area (TPSA) is 102 Å². The highest BCUT2D eigenvalue weighted by Gasteiger charge is 2.17. The van der Waals surface area contributed by atoms with Crippen molar-refractivity contribution in [3.63, 3.8) is 0 Å². The molecule has 0 radical (unpaired) electrons. The lowest BCUT2D eigenvalue weighted by molar-refractivity contribution is -0.144. The van der Waals surface area contributed by atoms with Gasteiger partial charge in [-0.3, -0.25) is 23.5 Å². The number of hydrogen-bond acceptors (Lipinski definition) is 4. The molecule has 0 unspecified atom stereocenters. The second-order valence-electron chi connectivity index (χ2n) is 4.33. The molecule has 110 valence electrons. The van der Waals surface area contributed by atoms with Crippen LogP contribution in [0.4, 0.5) is 0 Å². The molecule has 1 aromatic rings. The van der Waals surface area contributed by atoms with Gasteiger partial charge in [-0.25, -0.2) is 4.79 Å². The number of nitrogens with zero attached hydrogens (tertiary/aromatic N) is 3. The molecule has 1 heterocycles. The lowest BCUT2D eigenvalue weighted by Crippen LogP contribution is -2.43. The Balaban J connectivity index is 2.93. The Labute approximate surface area is 114 Å². The number of carbonyl (C=O) groups excluding carboxylic acids is 1. The molecule has 0 spiro atoms. The van der Waals surface area contributed by atoms with Crippen LogP contribution in [0, 0.1) is 0 Å². The van der Waals surface area contributed by atoms with Crippen LogP contribution in [0.25, 0.3) is 0 Å². The van der Waals surface area contributed by atoms with Gasteiger partial charge in [0, 0.05) is 25.9 Å². The zero-order chi connectivity index (χ0) is 15.3. The van der Waals surface area contributed by atoms with E-state index in [0.717, 1.165) is 9.13 Å². The number of amides is 1. The van der Waals surface area contributed by atoms with E-state index < -0.39 is 29.7 Å². The van der Waals surface area contributed by atoms with Gasteiger partial charge in [0.25, 0.3) is 5.56 Å². The van der Waals surface area contributed by atoms with Gasteiger partial charge < -0.3 is 10.0 Å². The van der Waals surface area contributed by atoms with E-state index in [4.69, 9.17) is 5.11 Å². The van der Waals surface area contributed by atoms with Gasteiger partial charge >= 0.3 is 11.7 Å². The monoisotopic (exact) mass is 283 g/mol. The molecule has 1 aromatic heterocycles. The van der Waals surface area contributed by atoms with Crippen LogP contribution in [-0.4, -0.2) is 44.1 Å². The zero-order valence-corrected chi connectivity index (χ0v) is 11.4. The first-order valence-corrected chi connectivity index (χ1v) is 6.12. The molecule has 0 saturated heterocycles. The summed E-state index contributed by atoms with van der Waals surface area (Å²) < 4.78 is 1.96. The van der Waals surface area contributed by atoms with Crippen LogP contribution < -0.4 is 11.2 Å². The quantitative estimate of drug-likeness (QED) is 0.712. The van der Waals surface area contributed by atoms with E-state index in [2.05, 4.69) is 0 Å². The molecule has 20 heavy (non-hydrogen) atoms. The highest BCUT2D eigenvalue weighted by atomic mass is 16.4. The Kier molecular flexibility index (Phi) is 5.24. The Morgan fingerprint density at radius 2 is 2.00 bits per heavy atom. The van der Waals surface area contributed by atoms with Crippen molar-refractivity contribution < 1.29 is 14.7 Å². The number of carbonyl (C=O) groups is 2. The molecule has 0 fully saturated rings. The van der Waals surface area contributed by atoms with E-state index in [9.17, 15) is 19.2 Å². The number of rotatable bonds is 6. The Hall–Kier alpha value is -2.38. The van der Waals surface area contributed by atoms with Crippen molar-refractivity contribution in [1.29, 1.82) is 0 Å². The van der Waals surface area contributed by atoms with Crippen LogP contribution in [0.15, 0.2) is 21.9 Å². The van der Waals surface area contributed by atoms with E-state index in [0.29, 0.717) is 13.0 Å². The number of aliphatic carboxylic acids is 1. The number of carboxylic acids is 1. The largest absolute Gasteiger partial charge is 0.480 e. The van der Waals surface area contributed by atoms with Gasteiger partial charge in [-0.05, 0) is 6.42 Å². The van der Waals surface area contributed by atoms with Crippen molar-refractivity contribution in [2.45, 2.75) is 19.9 Å². The van der Waals surface area contributed by atoms with E-state index in [1.807, 2.05) is 6.92 Å². The highest BCUT2D eigenvalue weighted by Crippen LogP contribution is 1.95. The Bertz CT molecular complexity index is 616. The molecule has 8 heteroatoms. The van der Waals surface area contributed by atoms with Gasteiger partial charge in [0.15, 0.2) is 0 Å². The first-order chi connectivity index (χ1) is 9.36. The third-order valence-corrected chi connectivity index (χ3v) is 2.74. The molecule has 0 aliphatic carbocycles. The summed E-state index contributed by atoms with van der Waals surface area (Å²) in [6, 6.07) is 1.18. The van der Waals surface area contributed by atoms with Crippen molar-refractivity contribution in [3.05, 3.63) is 33.1 Å². The second kappa shape index (κ2) is 6.69. The standard InChI is InChI=1S/C12H17N3O5/c1-3-5-14(8-11(18)19)10(17)7-15-6-4-9(16)13(2)12(15)20/h4,6H,3,5,7-8H2,1-2H3,(H,18,19). The minimum Gasteiger partial charge on any atom is -0.480 e. The Morgan fingerprint density at radius 1 is 1.35 bits per heavy atom. The van der Waals surface area contributed by atoms with Crippen molar-refractivity contribution in [1.82, 2.24) is 14.0 Å². The SMILES string of the molecule is CCCN(CC(=O)O)C(=O)Cn1ccc(=O)n(C)c1=O. The van der Waals surface area contributed by atoms with Crippen molar-refractivity contribution in [2.24, 2.45) is 7.05 Å². The fourth-order valence-electron chi connectivity index (χ4n) is 1.71. The molecule has 1 N–H and O–H groups in total. The summed E-state index contributed by atoms with van der Waals surface area (Å²) in [6.45, 7) is 1.42. The van der Waals surface area contributed by atoms with Gasteiger partial charge in [-0.15, -0.1) is 0 Å². The molecule has 0 atom stereocenters. The van der Waals surface area contributed by atoms with E-state index in [1.54, 1.807) is 0 Å². The van der Waals surface area contributed by atoms with Gasteiger partial charge in [0.2, 0.25) is 5.91 Å².